The van der Waals surface area contributed by atoms with Crippen LogP contribution in [0.3, 0.4) is 0 Å². The fourth-order valence-electron chi connectivity index (χ4n) is 0.445. The number of hydrogen-bond acceptors (Lipinski definition) is 4. The van der Waals surface area contributed by atoms with Gasteiger partial charge in [-0.05, 0) is 6.92 Å². The second-order valence-electron chi connectivity index (χ2n) is 1.84. The van der Waals surface area contributed by atoms with Crippen LogP contribution in [0.4, 0.5) is 0 Å². The summed E-state index contributed by atoms with van der Waals surface area (Å²) in [5.41, 5.74) is 0. The van der Waals surface area contributed by atoms with Gasteiger partial charge in [0.1, 0.15) is 0 Å². The van der Waals surface area contributed by atoms with E-state index in [1.807, 2.05) is 0 Å². The minimum Gasteiger partial charge on any atom is -1.00 e. The Morgan fingerprint density at radius 1 is 1.46 bits per heavy atom. The average molecular weight is 285 g/mol. The van der Waals surface area contributed by atoms with Gasteiger partial charge in [0.2, 0.25) is 0 Å². The first-order chi connectivity index (χ1) is 4.95. The van der Waals surface area contributed by atoms with E-state index >= 15 is 0 Å². The zero-order valence-corrected chi connectivity index (χ0v) is 11.9. The first kappa shape index (κ1) is 19.4. The molecule has 5 nitrogen and oxygen atoms in total. The Kier molecular flexibility index (Phi) is 14.1. The second-order valence-corrected chi connectivity index (χ2v) is 3.41. The number of esters is 1. The number of carbonyl (C=O) groups excluding carboxylic acids is 1. The average Bonchev–Trinajstić information content (AvgIpc) is 1.83. The molecule has 0 rings (SSSR count). The molecular formula is C5H10BrNaO5S. The fourth-order valence-corrected chi connectivity index (χ4v) is 0.870. The topological polar surface area (TPSA) is 80.7 Å². The molecular weight excluding hydrogens is 275 g/mol. The maximum Gasteiger partial charge on any atom is 1.00 e. The molecule has 0 aliphatic rings. The van der Waals surface area contributed by atoms with E-state index in [2.05, 4.69) is 4.74 Å². The van der Waals surface area contributed by atoms with Gasteiger partial charge in [0.05, 0.1) is 18.8 Å². The molecule has 0 radical (unpaired) electrons. The van der Waals surface area contributed by atoms with Gasteiger partial charge in [-0.1, -0.05) is 0 Å². The molecule has 0 atom stereocenters. The molecule has 0 saturated heterocycles. The monoisotopic (exact) mass is 284 g/mol. The van der Waals surface area contributed by atoms with Crippen molar-refractivity contribution in [3.05, 3.63) is 0 Å². The van der Waals surface area contributed by atoms with Crippen molar-refractivity contribution in [1.82, 2.24) is 0 Å². The van der Waals surface area contributed by atoms with Crippen LogP contribution in [-0.2, 0) is 19.6 Å². The van der Waals surface area contributed by atoms with Crippen molar-refractivity contribution >= 4 is 16.1 Å². The zero-order valence-electron chi connectivity index (χ0n) is 7.49. The summed E-state index contributed by atoms with van der Waals surface area (Å²) in [5.74, 6) is -1.20. The van der Waals surface area contributed by atoms with Gasteiger partial charge < -0.3 is 21.7 Å². The van der Waals surface area contributed by atoms with Crippen molar-refractivity contribution in [3.8, 4) is 0 Å². The smallest absolute Gasteiger partial charge is 1.00 e. The number of hydrogen-bond donors (Lipinski definition) is 1. The molecule has 0 fully saturated rings. The maximum atomic E-state index is 10.5. The van der Waals surface area contributed by atoms with Gasteiger partial charge in [0, 0.05) is 0 Å². The van der Waals surface area contributed by atoms with E-state index in [0.717, 1.165) is 0 Å². The number of ether oxygens (including phenoxy) is 1. The van der Waals surface area contributed by atoms with Crippen LogP contribution in [-0.4, -0.2) is 31.3 Å². The molecule has 1 N–H and O–H groups in total. The van der Waals surface area contributed by atoms with Gasteiger partial charge in [-0.3, -0.25) is 9.35 Å². The SMILES string of the molecule is CCOC(=O)CCS(=O)(=O)O.[Br-].[Na+]. The molecule has 0 saturated carbocycles. The van der Waals surface area contributed by atoms with E-state index in [4.69, 9.17) is 4.55 Å². The molecule has 13 heavy (non-hydrogen) atoms. The van der Waals surface area contributed by atoms with E-state index in [9.17, 15) is 13.2 Å². The van der Waals surface area contributed by atoms with Gasteiger partial charge in [-0.25, -0.2) is 0 Å². The quantitative estimate of drug-likeness (QED) is 0.316. The van der Waals surface area contributed by atoms with Crippen molar-refractivity contribution in [2.24, 2.45) is 0 Å². The van der Waals surface area contributed by atoms with Crippen LogP contribution in [0.2, 0.25) is 0 Å². The second kappa shape index (κ2) is 9.42. The predicted octanol–water partition coefficient (Wildman–Crippen LogP) is -6.16. The van der Waals surface area contributed by atoms with Crippen molar-refractivity contribution in [2.75, 3.05) is 12.4 Å². The fraction of sp³-hybridized carbons (Fsp3) is 0.800. The Labute approximate surface area is 110 Å². The van der Waals surface area contributed by atoms with E-state index in [0.29, 0.717) is 0 Å². The first-order valence-electron chi connectivity index (χ1n) is 3.06. The van der Waals surface area contributed by atoms with Crippen LogP contribution < -0.4 is 46.5 Å². The third-order valence-electron chi connectivity index (χ3n) is 0.869. The van der Waals surface area contributed by atoms with Crippen LogP contribution in [0.1, 0.15) is 13.3 Å². The number of halogens is 1. The third kappa shape index (κ3) is 15.6. The van der Waals surface area contributed by atoms with Crippen LogP contribution in [0.5, 0.6) is 0 Å². The minimum absolute atomic E-state index is 0. The van der Waals surface area contributed by atoms with Crippen LogP contribution in [0.25, 0.3) is 0 Å². The Morgan fingerprint density at radius 2 is 1.92 bits per heavy atom. The molecule has 0 spiro atoms. The third-order valence-corrected chi connectivity index (χ3v) is 1.59. The van der Waals surface area contributed by atoms with E-state index in [1.54, 1.807) is 6.92 Å². The Hall–Kier alpha value is 0.860. The molecule has 0 aliphatic carbocycles. The van der Waals surface area contributed by atoms with E-state index in [-0.39, 0.29) is 59.6 Å². The van der Waals surface area contributed by atoms with Crippen molar-refractivity contribution in [3.63, 3.8) is 0 Å². The van der Waals surface area contributed by atoms with Crippen molar-refractivity contribution in [1.29, 1.82) is 0 Å². The molecule has 0 aliphatic heterocycles. The molecule has 74 valence electrons. The summed E-state index contributed by atoms with van der Waals surface area (Å²) in [4.78, 5) is 10.5. The summed E-state index contributed by atoms with van der Waals surface area (Å²) < 4.78 is 32.8. The first-order valence-corrected chi connectivity index (χ1v) is 4.67. The summed E-state index contributed by atoms with van der Waals surface area (Å²) in [6.45, 7) is 1.83. The Bertz CT molecular complexity index is 227. The summed E-state index contributed by atoms with van der Waals surface area (Å²) in [5, 5.41) is 0. The normalized spacial score (nSPS) is 9.38. The van der Waals surface area contributed by atoms with Gasteiger partial charge in [0.25, 0.3) is 10.1 Å². The molecule has 0 aromatic carbocycles. The number of rotatable bonds is 4. The van der Waals surface area contributed by atoms with E-state index < -0.39 is 21.8 Å². The zero-order chi connectivity index (χ0) is 8.91. The van der Waals surface area contributed by atoms with Gasteiger partial charge in [0.15, 0.2) is 0 Å². The van der Waals surface area contributed by atoms with Gasteiger partial charge in [-0.2, -0.15) is 8.42 Å². The molecule has 8 heteroatoms. The molecule has 0 heterocycles. The maximum absolute atomic E-state index is 10.5. The van der Waals surface area contributed by atoms with E-state index in [1.165, 1.54) is 0 Å². The summed E-state index contributed by atoms with van der Waals surface area (Å²) in [6.07, 6.45) is -0.299. The standard InChI is InChI=1S/C5H10O5S.BrH.Na/c1-2-10-5(6)3-4-11(7,8)9;;/h2-4H2,1H3,(H,7,8,9);1H;/q;;+1/p-1. The van der Waals surface area contributed by atoms with Crippen molar-refractivity contribution in [2.45, 2.75) is 13.3 Å². The predicted molar refractivity (Wildman–Crippen MR) is 37.7 cm³/mol. The summed E-state index contributed by atoms with van der Waals surface area (Å²) in [6, 6.07) is 0. The van der Waals surface area contributed by atoms with Gasteiger partial charge >= 0.3 is 35.5 Å². The van der Waals surface area contributed by atoms with Gasteiger partial charge in [-0.15, -0.1) is 0 Å². The summed E-state index contributed by atoms with van der Waals surface area (Å²) >= 11 is 0. The largest absolute Gasteiger partial charge is 1.00 e. The molecule has 0 aromatic rings. The van der Waals surface area contributed by atoms with Crippen LogP contribution >= 0.6 is 0 Å². The summed E-state index contributed by atoms with van der Waals surface area (Å²) in [7, 11) is -4.04. The minimum atomic E-state index is -4.04. The molecule has 0 bridgehead atoms. The Balaban J connectivity index is -0.000000500. The van der Waals surface area contributed by atoms with Crippen LogP contribution in [0.15, 0.2) is 0 Å². The molecule has 0 unspecified atom stereocenters. The number of carbonyl (C=O) groups is 1. The molecule has 0 aromatic heterocycles. The molecule has 0 amide bonds. The Morgan fingerprint density at radius 3 is 2.23 bits per heavy atom. The van der Waals surface area contributed by atoms with Crippen molar-refractivity contribution < 1.29 is 69.0 Å². The van der Waals surface area contributed by atoms with Crippen LogP contribution in [0, 0.1) is 0 Å².